The van der Waals surface area contributed by atoms with Gasteiger partial charge in [0.05, 0.1) is 5.69 Å². The van der Waals surface area contributed by atoms with Crippen LogP contribution in [0, 0.1) is 19.1 Å². The summed E-state index contributed by atoms with van der Waals surface area (Å²) in [5, 5.41) is 0. The molecule has 59 heavy (non-hydrogen) atoms. The summed E-state index contributed by atoms with van der Waals surface area (Å²) in [4.78, 5) is 19.5. The van der Waals surface area contributed by atoms with Crippen LogP contribution in [0.25, 0.3) is 11.4 Å². The number of aryl methyl sites for hydroxylation is 1. The minimum Gasteiger partial charge on any atom is -0.436 e. The van der Waals surface area contributed by atoms with Gasteiger partial charge < -0.3 is 23.7 Å². The van der Waals surface area contributed by atoms with Crippen LogP contribution in [-0.4, -0.2) is 48.7 Å². The van der Waals surface area contributed by atoms with Crippen LogP contribution in [0.15, 0.2) is 104 Å². The minimum atomic E-state index is 0. The van der Waals surface area contributed by atoms with Crippen molar-refractivity contribution in [2.45, 2.75) is 92.4 Å². The smallest absolute Gasteiger partial charge is 0.436 e. The zero-order chi connectivity index (χ0) is 40.8. The Kier molecular flexibility index (Phi) is 12.5. The zero-order valence-corrected chi connectivity index (χ0v) is 38.8. The summed E-state index contributed by atoms with van der Waals surface area (Å²) < 4.78 is 2.30. The molecule has 0 saturated carbocycles. The van der Waals surface area contributed by atoms with E-state index in [-0.39, 0.29) is 34.2 Å². The summed E-state index contributed by atoms with van der Waals surface area (Å²) in [5.74, 6) is 3.88. The van der Waals surface area contributed by atoms with Crippen LogP contribution in [-0.2, 0) is 20.1 Å². The molecule has 6 aromatic rings. The van der Waals surface area contributed by atoms with E-state index in [2.05, 4.69) is 183 Å². The molecule has 0 N–H and O–H groups in total. The SMILES string of the molecule is CC(C)c1cccc(C(C)C)c1B1N(C)c2ccc[c-]c2-c2nccn21.Cc1ccnc2c1N1CCCN(c3c(C(C)C)cccc3C(C)C)B1N2c1[c-]cccc1.[Ir]. The average molecular weight is 958 g/mol. The maximum atomic E-state index is 4.88. The van der Waals surface area contributed by atoms with Crippen molar-refractivity contribution in [3.63, 3.8) is 0 Å². The summed E-state index contributed by atoms with van der Waals surface area (Å²) in [6, 6.07) is 37.1. The number of anilines is 5. The van der Waals surface area contributed by atoms with Gasteiger partial charge in [-0.15, -0.1) is 30.3 Å². The Balaban J connectivity index is 0.000000180. The van der Waals surface area contributed by atoms with Crippen molar-refractivity contribution in [1.82, 2.24) is 14.4 Å². The van der Waals surface area contributed by atoms with Crippen molar-refractivity contribution in [2.24, 2.45) is 0 Å². The first-order chi connectivity index (χ1) is 28.0. The van der Waals surface area contributed by atoms with Crippen LogP contribution < -0.4 is 24.7 Å². The quantitative estimate of drug-likeness (QED) is 0.117. The second-order valence-corrected chi connectivity index (χ2v) is 17.3. The van der Waals surface area contributed by atoms with E-state index in [4.69, 9.17) is 4.98 Å². The van der Waals surface area contributed by atoms with Crippen LogP contribution in [0.2, 0.25) is 0 Å². The standard InChI is InChI=1S/C27H32BN4.C22H25BN3.Ir/c1-19(2)23-13-9-14-24(20(3)4)26(23)31-18-10-17-30-25-21(5)15-16-29-27(25)32(28(30)31)22-11-7-6-8-12-22;1-15(2)17-10-8-11-18(16(3)4)21(17)23-25(5)20-12-7-6-9-19(20)22-24-13-14-26(22)23;/h6-9,11,13-16,19-20H,10,17-18H2,1-5H3;6-8,10-16H,1-5H3;/q2*-1;. The Morgan fingerprint density at radius 2 is 1.25 bits per heavy atom. The predicted molar refractivity (Wildman–Crippen MR) is 246 cm³/mol. The van der Waals surface area contributed by atoms with Crippen molar-refractivity contribution < 1.29 is 20.1 Å². The van der Waals surface area contributed by atoms with Crippen molar-refractivity contribution in [3.05, 3.63) is 143 Å². The van der Waals surface area contributed by atoms with Gasteiger partial charge in [0.1, 0.15) is 5.82 Å². The second-order valence-electron chi connectivity index (χ2n) is 17.3. The van der Waals surface area contributed by atoms with Crippen LogP contribution >= 0.6 is 0 Å². The third kappa shape index (κ3) is 7.52. The molecule has 4 aromatic carbocycles. The number of para-hydroxylation sites is 2. The van der Waals surface area contributed by atoms with Crippen LogP contribution in [0.3, 0.4) is 0 Å². The summed E-state index contributed by atoms with van der Waals surface area (Å²) >= 11 is 0. The molecule has 1 fully saturated rings. The van der Waals surface area contributed by atoms with E-state index in [1.54, 1.807) is 0 Å². The molecule has 1 radical (unpaired) electrons. The molecule has 1 saturated heterocycles. The first-order valence-electron chi connectivity index (χ1n) is 21.3. The third-order valence-corrected chi connectivity index (χ3v) is 12.2. The molecule has 9 rings (SSSR count). The number of pyridine rings is 1. The number of rotatable bonds is 7. The zero-order valence-electron chi connectivity index (χ0n) is 36.4. The molecule has 2 aromatic heterocycles. The molecule has 0 aliphatic carbocycles. The van der Waals surface area contributed by atoms with Gasteiger partial charge in [0.15, 0.2) is 0 Å². The summed E-state index contributed by atoms with van der Waals surface area (Å²) in [6.07, 6.45) is 7.07. The number of hydrogen-bond acceptors (Lipinski definition) is 6. The third-order valence-electron chi connectivity index (χ3n) is 12.2. The fourth-order valence-electron chi connectivity index (χ4n) is 9.50. The molecule has 3 aliphatic heterocycles. The Morgan fingerprint density at radius 1 is 0.644 bits per heavy atom. The van der Waals surface area contributed by atoms with E-state index >= 15 is 0 Å². The predicted octanol–water partition coefficient (Wildman–Crippen LogP) is 10.6. The molecule has 0 unspecified atom stereocenters. The second kappa shape index (κ2) is 17.4. The van der Waals surface area contributed by atoms with Gasteiger partial charge in [0.2, 0.25) is 0 Å². The van der Waals surface area contributed by atoms with E-state index < -0.39 is 0 Å². The fourth-order valence-corrected chi connectivity index (χ4v) is 9.50. The normalized spacial score (nSPS) is 14.3. The van der Waals surface area contributed by atoms with E-state index in [0.29, 0.717) is 23.7 Å². The average Bonchev–Trinajstić information content (AvgIpc) is 3.85. The topological polar surface area (TPSA) is 43.7 Å². The van der Waals surface area contributed by atoms with E-state index in [9.17, 15) is 0 Å². The minimum absolute atomic E-state index is 0. The molecule has 305 valence electrons. The first kappa shape index (κ1) is 42.3. The first-order valence-corrected chi connectivity index (χ1v) is 21.3. The van der Waals surface area contributed by atoms with Gasteiger partial charge in [-0.3, -0.25) is 4.98 Å². The Morgan fingerprint density at radius 3 is 1.86 bits per heavy atom. The van der Waals surface area contributed by atoms with E-state index in [1.807, 2.05) is 30.6 Å². The molecule has 0 spiro atoms. The van der Waals surface area contributed by atoms with Gasteiger partial charge in [-0.1, -0.05) is 109 Å². The van der Waals surface area contributed by atoms with Crippen molar-refractivity contribution in [1.29, 1.82) is 0 Å². The number of aromatic nitrogens is 3. The van der Waals surface area contributed by atoms with Gasteiger partial charge in [-0.05, 0) is 83.4 Å². The van der Waals surface area contributed by atoms with Crippen LogP contribution in [0.1, 0.15) is 113 Å². The number of fused-ring (bicyclic) bond motifs is 6. The molecule has 10 heteroatoms. The Bertz CT molecular complexity index is 2340. The van der Waals surface area contributed by atoms with E-state index in [1.165, 1.54) is 50.3 Å². The van der Waals surface area contributed by atoms with Crippen molar-refractivity contribution >= 4 is 48.1 Å². The Hall–Kier alpha value is -4.78. The van der Waals surface area contributed by atoms with Crippen molar-refractivity contribution in [2.75, 3.05) is 39.4 Å². The monoisotopic (exact) mass is 958 g/mol. The molecule has 0 amide bonds. The van der Waals surface area contributed by atoms with Gasteiger partial charge in [-0.2, -0.15) is 24.3 Å². The molecule has 0 atom stereocenters. The van der Waals surface area contributed by atoms with Gasteiger partial charge in [0, 0.05) is 63.3 Å². The van der Waals surface area contributed by atoms with Crippen molar-refractivity contribution in [3.8, 4) is 11.4 Å². The Labute approximate surface area is 367 Å². The van der Waals surface area contributed by atoms with Crippen LogP contribution in [0.5, 0.6) is 0 Å². The molecule has 0 bridgehead atoms. The number of hydrogen-bond donors (Lipinski definition) is 0. The fraction of sp³-hybridized carbons (Fsp3) is 0.347. The van der Waals surface area contributed by atoms with Gasteiger partial charge >= 0.3 is 14.1 Å². The summed E-state index contributed by atoms with van der Waals surface area (Å²) in [6.45, 7) is 22.7. The largest absolute Gasteiger partial charge is 0.509 e. The number of benzene rings is 4. The molecular weight excluding hydrogens is 900 g/mol. The van der Waals surface area contributed by atoms with E-state index in [0.717, 1.165) is 42.4 Å². The molecule has 7 nitrogen and oxygen atoms in total. The summed E-state index contributed by atoms with van der Waals surface area (Å²) in [7, 11) is 2.24. The molecular formula is C49H57B2IrN7-2. The maximum Gasteiger partial charge on any atom is 0.509 e. The van der Waals surface area contributed by atoms with Gasteiger partial charge in [0.25, 0.3) is 0 Å². The molecule has 3 aliphatic rings. The number of imidazole rings is 1. The maximum absolute atomic E-state index is 4.88. The number of nitrogens with zero attached hydrogens (tertiary/aromatic N) is 7. The summed E-state index contributed by atoms with van der Waals surface area (Å²) in [5.41, 5.74) is 14.4. The van der Waals surface area contributed by atoms with Crippen LogP contribution in [0.4, 0.5) is 28.6 Å². The molecule has 5 heterocycles. The van der Waals surface area contributed by atoms with Gasteiger partial charge in [-0.25, -0.2) is 4.98 Å².